The predicted octanol–water partition coefficient (Wildman–Crippen LogP) is 25.4. The first kappa shape index (κ1) is 68.1. The molecule has 0 saturated heterocycles. The van der Waals surface area contributed by atoms with E-state index in [1.54, 1.807) is 6.07 Å². The van der Waals surface area contributed by atoms with E-state index in [1.165, 1.54) is 56.1 Å². The van der Waals surface area contributed by atoms with E-state index in [9.17, 15) is 13.2 Å². The summed E-state index contributed by atoms with van der Waals surface area (Å²) in [6.45, 7) is 2.14. The molecule has 9 nitrogen and oxygen atoms in total. The molecule has 0 atom stereocenters. The van der Waals surface area contributed by atoms with Gasteiger partial charge in [-0.2, -0.15) is 13.2 Å². The van der Waals surface area contributed by atoms with Crippen molar-refractivity contribution in [3.05, 3.63) is 391 Å². The van der Waals surface area contributed by atoms with Crippen molar-refractivity contribution >= 4 is 59.5 Å². The second-order valence-corrected chi connectivity index (χ2v) is 28.1. The Bertz CT molecular complexity index is 6510. The van der Waals surface area contributed by atoms with Crippen molar-refractivity contribution in [1.29, 1.82) is 0 Å². The molecule has 13 heteroatoms. The van der Waals surface area contributed by atoms with Gasteiger partial charge in [-0.15, -0.1) is 0 Å². The molecule has 0 amide bonds. The van der Waals surface area contributed by atoms with Crippen LogP contribution in [0.2, 0.25) is 0 Å². The second-order valence-electron chi connectivity index (χ2n) is 27.2. The zero-order valence-electron chi connectivity index (χ0n) is 59.4. The third-order valence-corrected chi connectivity index (χ3v) is 20.5. The van der Waals surface area contributed by atoms with E-state index in [4.69, 9.17) is 29.9 Å². The summed E-state index contributed by atoms with van der Waals surface area (Å²) in [5.41, 5.74) is 22.6. The second kappa shape index (κ2) is 29.2. The monoisotopic (exact) mass is 1490 g/mol. The van der Waals surface area contributed by atoms with E-state index < -0.39 is 11.7 Å². The molecule has 0 N–H and O–H groups in total. The Morgan fingerprint density at radius 1 is 0.309 bits per heavy atom. The number of aromatic nitrogens is 9. The first-order valence-corrected chi connectivity index (χ1v) is 37.1. The van der Waals surface area contributed by atoms with E-state index in [1.807, 2.05) is 181 Å². The fourth-order valence-electron chi connectivity index (χ4n) is 14.9. The molecule has 110 heavy (non-hydrogen) atoms. The highest BCUT2D eigenvalue weighted by Crippen LogP contribution is 2.44. The third kappa shape index (κ3) is 13.5. The van der Waals surface area contributed by atoms with Gasteiger partial charge in [0.1, 0.15) is 0 Å². The molecule has 0 saturated carbocycles. The summed E-state index contributed by atoms with van der Waals surface area (Å²) in [6.07, 6.45) is 0.486. The van der Waals surface area contributed by atoms with E-state index in [-0.39, 0.29) is 0 Å². The number of halogens is 4. The maximum absolute atomic E-state index is 13.1. The van der Waals surface area contributed by atoms with Crippen LogP contribution >= 0.6 is 15.9 Å². The van der Waals surface area contributed by atoms with Gasteiger partial charge in [-0.3, -0.25) is 0 Å². The molecule has 0 spiro atoms. The number of hydrogen-bond acceptors (Lipinski definition) is 6. The minimum absolute atomic E-state index is 0.527. The molecule has 0 fully saturated rings. The highest BCUT2D eigenvalue weighted by Gasteiger charge is 2.31. The van der Waals surface area contributed by atoms with E-state index in [2.05, 4.69) is 196 Å². The number of benzene rings is 14. The number of alkyl halides is 3. The van der Waals surface area contributed by atoms with Crippen LogP contribution in [-0.4, -0.2) is 43.6 Å². The maximum atomic E-state index is 13.1. The topological polar surface area (TPSA) is 92.1 Å². The fraction of sp³-hybridized carbons (Fsp3) is 0.0309. The lowest BCUT2D eigenvalue weighted by Gasteiger charge is -2.15. The molecule has 20 rings (SSSR count). The molecule has 0 bridgehead atoms. The van der Waals surface area contributed by atoms with Crippen molar-refractivity contribution in [1.82, 2.24) is 43.6 Å². The Morgan fingerprint density at radius 3 is 1.28 bits per heavy atom. The van der Waals surface area contributed by atoms with Crippen molar-refractivity contribution in [3.63, 3.8) is 0 Å². The van der Waals surface area contributed by atoms with Gasteiger partial charge in [-0.25, -0.2) is 29.9 Å². The molecule has 5 aromatic heterocycles. The van der Waals surface area contributed by atoms with Crippen LogP contribution < -0.4 is 0 Å². The fourth-order valence-corrected chi connectivity index (χ4v) is 15.4. The molecular formula is C97H65BrF3N9. The normalized spacial score (nSPS) is 11.6. The Hall–Kier alpha value is -13.8. The largest absolute Gasteiger partial charge is 0.416 e. The number of nitrogens with zero attached hydrogens (tertiary/aromatic N) is 9. The summed E-state index contributed by atoms with van der Waals surface area (Å²) >= 11 is 3.66. The molecule has 5 heterocycles. The van der Waals surface area contributed by atoms with Crippen LogP contribution in [0.25, 0.3) is 162 Å². The van der Waals surface area contributed by atoms with Crippen LogP contribution in [0.3, 0.4) is 0 Å². The lowest BCUT2D eigenvalue weighted by molar-refractivity contribution is -0.137. The van der Waals surface area contributed by atoms with Crippen LogP contribution in [0.1, 0.15) is 22.3 Å². The first-order valence-electron chi connectivity index (χ1n) is 36.3. The van der Waals surface area contributed by atoms with Gasteiger partial charge in [-0.1, -0.05) is 283 Å². The molecule has 14 aromatic carbocycles. The number of rotatable bonds is 11. The van der Waals surface area contributed by atoms with Gasteiger partial charge in [0.2, 0.25) is 0 Å². The smallest absolute Gasteiger partial charge is 0.316 e. The average molecular weight is 1490 g/mol. The van der Waals surface area contributed by atoms with Gasteiger partial charge in [0.05, 0.1) is 27.6 Å². The molecule has 526 valence electrons. The van der Waals surface area contributed by atoms with Gasteiger partial charge in [0, 0.05) is 95.3 Å². The minimum atomic E-state index is -4.35. The van der Waals surface area contributed by atoms with Gasteiger partial charge < -0.3 is 13.7 Å². The number of para-hydroxylation sites is 1. The molecule has 0 aliphatic heterocycles. The first-order chi connectivity index (χ1) is 54.0. The summed E-state index contributed by atoms with van der Waals surface area (Å²) in [4.78, 5) is 29.7. The van der Waals surface area contributed by atoms with Gasteiger partial charge >= 0.3 is 6.18 Å². The molecule has 0 radical (unpaired) electrons. The SMILES string of the molecule is Brc1cc(-c2ccccc2)cc(-c2nc(-c3ccccc3)nc(-c3ccccc3)n2)c1.Cc1cccc(-n2ccc3ccc4c5ccccc5n(-c5cc(-c6ccccc6)cc(-c6nc(-c7ccccc7)nc(-c7ccccc7)n6)c5)c4c32)c1.FC(F)(F)c1cccc(-n2ccc3ccc4c(c32)Cc2ccccc2-4)c1. The Morgan fingerprint density at radius 2 is 0.736 bits per heavy atom. The quantitative estimate of drug-likeness (QED) is 0.128. The van der Waals surface area contributed by atoms with Crippen LogP contribution in [0.5, 0.6) is 0 Å². The van der Waals surface area contributed by atoms with Crippen molar-refractivity contribution in [3.8, 4) is 119 Å². The molecule has 0 unspecified atom stereocenters. The van der Waals surface area contributed by atoms with Crippen LogP contribution in [-0.2, 0) is 12.6 Å². The third-order valence-electron chi connectivity index (χ3n) is 20.1. The number of hydrogen-bond donors (Lipinski definition) is 0. The van der Waals surface area contributed by atoms with E-state index >= 15 is 0 Å². The highest BCUT2D eigenvalue weighted by atomic mass is 79.9. The number of fused-ring (bicyclic) bond motifs is 10. The average Bonchev–Trinajstić information content (AvgIpc) is 1.56. The summed E-state index contributed by atoms with van der Waals surface area (Å²) in [5.74, 6) is 3.85. The lowest BCUT2D eigenvalue weighted by atomic mass is 10.0. The van der Waals surface area contributed by atoms with Crippen LogP contribution in [0.15, 0.2) is 369 Å². The van der Waals surface area contributed by atoms with Gasteiger partial charge in [0.15, 0.2) is 34.9 Å². The predicted molar refractivity (Wildman–Crippen MR) is 443 cm³/mol. The van der Waals surface area contributed by atoms with Crippen LogP contribution in [0.4, 0.5) is 13.2 Å². The molecule has 1 aliphatic carbocycles. The van der Waals surface area contributed by atoms with E-state index in [0.29, 0.717) is 40.6 Å². The van der Waals surface area contributed by atoms with Gasteiger partial charge in [0.25, 0.3) is 0 Å². The summed E-state index contributed by atoms with van der Waals surface area (Å²) in [7, 11) is 0. The minimum Gasteiger partial charge on any atom is -0.316 e. The van der Waals surface area contributed by atoms with Crippen LogP contribution in [0, 0.1) is 6.92 Å². The number of aryl methyl sites for hydroxylation is 1. The summed E-state index contributed by atoms with van der Waals surface area (Å²) < 4.78 is 46.9. The van der Waals surface area contributed by atoms with Crippen molar-refractivity contribution in [2.45, 2.75) is 19.5 Å². The zero-order chi connectivity index (χ0) is 74.2. The Labute approximate surface area is 641 Å². The van der Waals surface area contributed by atoms with Crippen molar-refractivity contribution in [2.24, 2.45) is 0 Å². The standard InChI is InChI=1S/C48H33N5.C27H18BrN3.C22H14F3N/c1-32-14-13-21-39(28-32)52-27-26-34-24-25-42-41-22-11-12-23-43(41)53(45(42)44(34)52)40-30-37(33-15-5-2-6-16-33)29-38(31-40)48-50-46(35-17-7-3-8-18-35)49-47(51-48)36-19-9-4-10-20-36;28-24-17-22(19-10-4-1-5-11-19)16-23(18-24)27-30-25(20-12-6-2-7-13-20)29-26(31-27)21-14-8-3-9-15-21;23-22(24,25)16-5-3-6-17(13-16)26-11-10-14-8-9-19-18-7-2-1-4-15(18)12-20(19)21(14)26/h2-31H,1H3;1-18H;1-11,13H,12H2. The van der Waals surface area contributed by atoms with Crippen molar-refractivity contribution < 1.29 is 13.2 Å². The summed E-state index contributed by atoms with van der Waals surface area (Å²) in [6, 6.07) is 118. The highest BCUT2D eigenvalue weighted by molar-refractivity contribution is 9.10. The zero-order valence-corrected chi connectivity index (χ0v) is 61.0. The van der Waals surface area contributed by atoms with Crippen molar-refractivity contribution in [2.75, 3.05) is 0 Å². The van der Waals surface area contributed by atoms with Gasteiger partial charge in [-0.05, 0) is 142 Å². The summed E-state index contributed by atoms with van der Waals surface area (Å²) in [5, 5.41) is 4.62. The molecular weight excluding hydrogens is 1430 g/mol. The Kier molecular flexibility index (Phi) is 18.1. The molecule has 1 aliphatic rings. The Balaban J connectivity index is 0.000000126. The molecule has 19 aromatic rings. The lowest BCUT2D eigenvalue weighted by Crippen LogP contribution is -2.06. The van der Waals surface area contributed by atoms with E-state index in [0.717, 1.165) is 111 Å². The maximum Gasteiger partial charge on any atom is 0.416 e.